The van der Waals surface area contributed by atoms with Crippen LogP contribution in [0.1, 0.15) is 22.9 Å². The van der Waals surface area contributed by atoms with E-state index in [0.29, 0.717) is 0 Å². The van der Waals surface area contributed by atoms with Gasteiger partial charge in [0.2, 0.25) is 0 Å². The molecule has 2 N–H and O–H groups in total. The Labute approximate surface area is 179 Å². The highest BCUT2D eigenvalue weighted by Crippen LogP contribution is 2.42. The number of fused-ring (bicyclic) bond motifs is 3. The Balaban J connectivity index is 1.69. The number of methoxy groups -OCH3 is 1. The van der Waals surface area contributed by atoms with Gasteiger partial charge in [-0.15, -0.1) is 0 Å². The van der Waals surface area contributed by atoms with Crippen LogP contribution in [0.4, 0.5) is 0 Å². The number of nitrogens with one attached hydrogen (secondary N) is 2. The molecule has 29 heavy (non-hydrogen) atoms. The molecule has 3 nitrogen and oxygen atoms in total. The first kappa shape index (κ1) is 18.6. The molecule has 0 fully saturated rings. The Kier molecular flexibility index (Phi) is 4.75. The van der Waals surface area contributed by atoms with Crippen LogP contribution in [0.2, 0.25) is 10.0 Å². The minimum Gasteiger partial charge on any atom is -0.497 e. The molecule has 0 bridgehead atoms. The summed E-state index contributed by atoms with van der Waals surface area (Å²) < 4.78 is 5.31. The molecule has 5 rings (SSSR count). The summed E-state index contributed by atoms with van der Waals surface area (Å²) in [7, 11) is 1.69. The predicted octanol–water partition coefficient (Wildman–Crippen LogP) is 6.39. The van der Waals surface area contributed by atoms with Crippen molar-refractivity contribution in [3.8, 4) is 16.9 Å². The monoisotopic (exact) mass is 422 g/mol. The van der Waals surface area contributed by atoms with Crippen LogP contribution in [0.25, 0.3) is 22.0 Å². The van der Waals surface area contributed by atoms with E-state index in [1.807, 2.05) is 42.5 Å². The second-order valence-corrected chi connectivity index (χ2v) is 8.12. The number of halogens is 2. The van der Waals surface area contributed by atoms with Gasteiger partial charge in [-0.1, -0.05) is 47.5 Å². The fraction of sp³-hybridized carbons (Fsp3) is 0.167. The second-order valence-electron chi connectivity index (χ2n) is 7.28. The van der Waals surface area contributed by atoms with Crippen molar-refractivity contribution in [1.29, 1.82) is 0 Å². The summed E-state index contributed by atoms with van der Waals surface area (Å²) in [5.41, 5.74) is 6.98. The second kappa shape index (κ2) is 7.42. The summed E-state index contributed by atoms with van der Waals surface area (Å²) in [5, 5.41) is 6.32. The first-order valence-electron chi connectivity index (χ1n) is 9.62. The highest BCUT2D eigenvalue weighted by atomic mass is 35.5. The topological polar surface area (TPSA) is 37.0 Å². The van der Waals surface area contributed by atoms with Gasteiger partial charge in [-0.05, 0) is 59.5 Å². The largest absolute Gasteiger partial charge is 0.497 e. The lowest BCUT2D eigenvalue weighted by Crippen LogP contribution is -2.30. The smallest absolute Gasteiger partial charge is 0.118 e. The lowest BCUT2D eigenvalue weighted by molar-refractivity contribution is 0.414. The summed E-state index contributed by atoms with van der Waals surface area (Å²) in [4.78, 5) is 3.66. The molecular formula is C24H20Cl2N2O. The average molecular weight is 423 g/mol. The van der Waals surface area contributed by atoms with Gasteiger partial charge in [-0.25, -0.2) is 0 Å². The number of aromatic nitrogens is 1. The summed E-state index contributed by atoms with van der Waals surface area (Å²) >= 11 is 12.8. The van der Waals surface area contributed by atoms with E-state index in [9.17, 15) is 0 Å². The van der Waals surface area contributed by atoms with Gasteiger partial charge in [0.1, 0.15) is 5.75 Å². The summed E-state index contributed by atoms with van der Waals surface area (Å²) in [6, 6.07) is 20.3. The third-order valence-electron chi connectivity index (χ3n) is 5.64. The summed E-state index contributed by atoms with van der Waals surface area (Å²) in [6.07, 6.45) is 0.947. The maximum Gasteiger partial charge on any atom is 0.118 e. The molecule has 0 aliphatic carbocycles. The highest BCUT2D eigenvalue weighted by Gasteiger charge is 2.27. The molecule has 1 aromatic heterocycles. The minimum atomic E-state index is 0.105. The van der Waals surface area contributed by atoms with Gasteiger partial charge in [-0.3, -0.25) is 0 Å². The minimum absolute atomic E-state index is 0.105. The number of aromatic amines is 1. The van der Waals surface area contributed by atoms with Crippen molar-refractivity contribution in [3.05, 3.63) is 87.5 Å². The van der Waals surface area contributed by atoms with E-state index >= 15 is 0 Å². The standard InChI is InChI=1S/C24H20Cl2N2O/c1-29-17-8-4-15(5-9-17)23-24-18(12-13-27-23)22-20(28-24)11-10-19(26)21(22)14-2-6-16(25)7-3-14/h2-11,23,27-28H,12-13H2,1H3. The molecule has 0 saturated heterocycles. The van der Waals surface area contributed by atoms with Crippen LogP contribution in [0.3, 0.4) is 0 Å². The Morgan fingerprint density at radius 2 is 1.69 bits per heavy atom. The van der Waals surface area contributed by atoms with Gasteiger partial charge < -0.3 is 15.0 Å². The Hall–Kier alpha value is -2.46. The fourth-order valence-electron chi connectivity index (χ4n) is 4.28. The maximum atomic E-state index is 6.69. The number of rotatable bonds is 3. The Bertz CT molecular complexity index is 1180. The van der Waals surface area contributed by atoms with Crippen molar-refractivity contribution < 1.29 is 4.74 Å². The maximum absolute atomic E-state index is 6.69. The Morgan fingerprint density at radius 3 is 2.41 bits per heavy atom. The highest BCUT2D eigenvalue weighted by molar-refractivity contribution is 6.35. The van der Waals surface area contributed by atoms with Crippen LogP contribution >= 0.6 is 23.2 Å². The zero-order valence-electron chi connectivity index (χ0n) is 15.9. The van der Waals surface area contributed by atoms with Gasteiger partial charge in [0, 0.05) is 38.8 Å². The van der Waals surface area contributed by atoms with Crippen molar-refractivity contribution in [3.63, 3.8) is 0 Å². The van der Waals surface area contributed by atoms with Gasteiger partial charge in [0.25, 0.3) is 0 Å². The SMILES string of the molecule is COc1ccc(C2NCCc3c2[nH]c2ccc(Cl)c(-c4ccc(Cl)cc4)c32)cc1. The van der Waals surface area contributed by atoms with E-state index in [4.69, 9.17) is 27.9 Å². The number of hydrogen-bond acceptors (Lipinski definition) is 2. The van der Waals surface area contributed by atoms with Gasteiger partial charge in [-0.2, -0.15) is 0 Å². The van der Waals surface area contributed by atoms with Crippen LogP contribution in [0, 0.1) is 0 Å². The molecule has 2 heterocycles. The third-order valence-corrected chi connectivity index (χ3v) is 6.21. The van der Waals surface area contributed by atoms with Crippen molar-refractivity contribution in [1.82, 2.24) is 10.3 Å². The zero-order valence-corrected chi connectivity index (χ0v) is 17.4. The Morgan fingerprint density at radius 1 is 0.931 bits per heavy atom. The molecule has 1 unspecified atom stereocenters. The molecule has 146 valence electrons. The van der Waals surface area contributed by atoms with E-state index in [1.54, 1.807) is 7.11 Å². The quantitative estimate of drug-likeness (QED) is 0.401. The molecule has 0 radical (unpaired) electrons. The average Bonchev–Trinajstić information content (AvgIpc) is 3.13. The molecule has 0 saturated carbocycles. The van der Waals surface area contributed by atoms with E-state index in [1.165, 1.54) is 22.2 Å². The number of benzene rings is 3. The number of hydrogen-bond donors (Lipinski definition) is 2. The van der Waals surface area contributed by atoms with Gasteiger partial charge in [0.15, 0.2) is 0 Å². The number of ether oxygens (including phenoxy) is 1. The lowest BCUT2D eigenvalue weighted by atomic mass is 9.91. The van der Waals surface area contributed by atoms with Crippen molar-refractivity contribution in [2.24, 2.45) is 0 Å². The van der Waals surface area contributed by atoms with Crippen LogP contribution < -0.4 is 10.1 Å². The van der Waals surface area contributed by atoms with Gasteiger partial charge in [0.05, 0.1) is 13.2 Å². The van der Waals surface area contributed by atoms with Crippen molar-refractivity contribution in [2.45, 2.75) is 12.5 Å². The predicted molar refractivity (Wildman–Crippen MR) is 120 cm³/mol. The first-order chi connectivity index (χ1) is 14.2. The molecule has 0 spiro atoms. The van der Waals surface area contributed by atoms with Crippen LogP contribution in [0.15, 0.2) is 60.7 Å². The van der Waals surface area contributed by atoms with Gasteiger partial charge >= 0.3 is 0 Å². The van der Waals surface area contributed by atoms with E-state index in [0.717, 1.165) is 45.4 Å². The first-order valence-corrected chi connectivity index (χ1v) is 10.4. The molecule has 1 atom stereocenters. The molecule has 1 aliphatic heterocycles. The summed E-state index contributed by atoms with van der Waals surface area (Å²) in [6.45, 7) is 0.906. The molecule has 4 aromatic rings. The lowest BCUT2D eigenvalue weighted by Gasteiger charge is -2.25. The van der Waals surface area contributed by atoms with E-state index in [2.05, 4.69) is 28.5 Å². The van der Waals surface area contributed by atoms with Crippen molar-refractivity contribution in [2.75, 3.05) is 13.7 Å². The summed E-state index contributed by atoms with van der Waals surface area (Å²) in [5.74, 6) is 0.859. The molecular weight excluding hydrogens is 403 g/mol. The van der Waals surface area contributed by atoms with Crippen LogP contribution in [-0.2, 0) is 6.42 Å². The van der Waals surface area contributed by atoms with Crippen molar-refractivity contribution >= 4 is 34.1 Å². The van der Waals surface area contributed by atoms with Crippen LogP contribution in [0.5, 0.6) is 5.75 Å². The molecule has 0 amide bonds. The zero-order chi connectivity index (χ0) is 20.0. The molecule has 5 heteroatoms. The van der Waals surface area contributed by atoms with Crippen LogP contribution in [-0.4, -0.2) is 18.6 Å². The molecule has 3 aromatic carbocycles. The van der Waals surface area contributed by atoms with E-state index < -0.39 is 0 Å². The normalized spacial score (nSPS) is 16.0. The third kappa shape index (κ3) is 3.20. The molecule has 1 aliphatic rings. The fourth-order valence-corrected chi connectivity index (χ4v) is 4.67. The number of H-pyrrole nitrogens is 1. The van der Waals surface area contributed by atoms with E-state index in [-0.39, 0.29) is 6.04 Å².